The SMILES string of the molecule is Cc1ccc(O)c(O)c1C12CCN(CC3CC3)C(C)C1(O)CCC(=O)C2. The molecule has 5 nitrogen and oxygen atoms in total. The van der Waals surface area contributed by atoms with Crippen molar-refractivity contribution in [3.05, 3.63) is 23.3 Å². The van der Waals surface area contributed by atoms with Gasteiger partial charge in [-0.2, -0.15) is 0 Å². The summed E-state index contributed by atoms with van der Waals surface area (Å²) in [4.78, 5) is 14.8. The van der Waals surface area contributed by atoms with Crippen LogP contribution in [0, 0.1) is 12.8 Å². The minimum atomic E-state index is -1.09. The number of Topliss-reactive ketones (excluding diaryl/α,β-unsaturated/α-hetero) is 1. The third kappa shape index (κ3) is 2.48. The first-order chi connectivity index (χ1) is 12.3. The first-order valence-electron chi connectivity index (χ1n) is 9.78. The number of carbonyl (C=O) groups excluding carboxylic acids is 1. The van der Waals surface area contributed by atoms with E-state index < -0.39 is 11.0 Å². The second-order valence-electron chi connectivity index (χ2n) is 8.71. The van der Waals surface area contributed by atoms with E-state index in [2.05, 4.69) is 11.8 Å². The molecule has 3 unspecified atom stereocenters. The zero-order valence-corrected chi connectivity index (χ0v) is 15.7. The average molecular weight is 359 g/mol. The number of phenolic OH excluding ortho intramolecular Hbond substituents is 2. The predicted molar refractivity (Wildman–Crippen MR) is 98.4 cm³/mol. The Morgan fingerprint density at radius 2 is 1.96 bits per heavy atom. The van der Waals surface area contributed by atoms with Crippen LogP contribution >= 0.6 is 0 Å². The molecule has 1 aliphatic heterocycles. The number of piperidine rings is 1. The van der Waals surface area contributed by atoms with Gasteiger partial charge in [0.05, 0.1) is 5.60 Å². The quantitative estimate of drug-likeness (QED) is 0.723. The average Bonchev–Trinajstić information content (AvgIpc) is 3.41. The van der Waals surface area contributed by atoms with Gasteiger partial charge in [-0.1, -0.05) is 6.07 Å². The van der Waals surface area contributed by atoms with Crippen LogP contribution in [0.5, 0.6) is 11.5 Å². The van der Waals surface area contributed by atoms with E-state index in [0.717, 1.165) is 24.6 Å². The fraction of sp³-hybridized carbons (Fsp3) is 0.667. The summed E-state index contributed by atoms with van der Waals surface area (Å²) in [6.45, 7) is 5.73. The molecule has 0 aromatic heterocycles. The van der Waals surface area contributed by atoms with Gasteiger partial charge in [0, 0.05) is 36.4 Å². The lowest BCUT2D eigenvalue weighted by Gasteiger charge is -2.60. The molecule has 3 fully saturated rings. The summed E-state index contributed by atoms with van der Waals surface area (Å²) in [7, 11) is 0. The maximum absolute atomic E-state index is 12.5. The monoisotopic (exact) mass is 359 g/mol. The van der Waals surface area contributed by atoms with E-state index in [9.17, 15) is 20.1 Å². The van der Waals surface area contributed by atoms with Crippen molar-refractivity contribution in [2.75, 3.05) is 13.1 Å². The number of carbonyl (C=O) groups is 1. The number of ketones is 1. The molecule has 0 bridgehead atoms. The van der Waals surface area contributed by atoms with Crippen molar-refractivity contribution in [3.8, 4) is 11.5 Å². The van der Waals surface area contributed by atoms with Crippen LogP contribution in [-0.2, 0) is 10.2 Å². The molecule has 0 amide bonds. The Morgan fingerprint density at radius 3 is 2.65 bits per heavy atom. The van der Waals surface area contributed by atoms with Crippen LogP contribution in [-0.4, -0.2) is 50.7 Å². The summed E-state index contributed by atoms with van der Waals surface area (Å²) >= 11 is 0. The van der Waals surface area contributed by atoms with E-state index in [1.807, 2.05) is 6.92 Å². The molecule has 2 saturated carbocycles. The van der Waals surface area contributed by atoms with E-state index in [1.54, 1.807) is 6.07 Å². The van der Waals surface area contributed by atoms with Crippen molar-refractivity contribution in [2.24, 2.45) is 5.92 Å². The summed E-state index contributed by atoms with van der Waals surface area (Å²) in [5.41, 5.74) is -0.555. The first kappa shape index (κ1) is 17.8. The molecule has 3 atom stereocenters. The number of aromatic hydroxyl groups is 2. The number of hydrogen-bond donors (Lipinski definition) is 3. The topological polar surface area (TPSA) is 81.0 Å². The molecule has 1 saturated heterocycles. The van der Waals surface area contributed by atoms with Crippen molar-refractivity contribution in [3.63, 3.8) is 0 Å². The molecule has 3 N–H and O–H groups in total. The number of phenols is 2. The molecular weight excluding hydrogens is 330 g/mol. The lowest BCUT2D eigenvalue weighted by atomic mass is 9.53. The summed E-state index contributed by atoms with van der Waals surface area (Å²) in [6.07, 6.45) is 4.14. The van der Waals surface area contributed by atoms with Crippen LogP contribution in [0.3, 0.4) is 0 Å². The van der Waals surface area contributed by atoms with Crippen molar-refractivity contribution in [1.82, 2.24) is 4.90 Å². The van der Waals surface area contributed by atoms with Gasteiger partial charge in [0.2, 0.25) is 0 Å². The van der Waals surface area contributed by atoms with E-state index >= 15 is 0 Å². The normalized spacial score (nSPS) is 35.3. The molecule has 26 heavy (non-hydrogen) atoms. The van der Waals surface area contributed by atoms with Crippen molar-refractivity contribution >= 4 is 5.78 Å². The number of rotatable bonds is 3. The predicted octanol–water partition coefficient (Wildman–Crippen LogP) is 2.63. The van der Waals surface area contributed by atoms with Crippen molar-refractivity contribution < 1.29 is 20.1 Å². The molecular formula is C21H29NO4. The Bertz CT molecular complexity index is 744. The maximum atomic E-state index is 12.5. The molecule has 5 heteroatoms. The largest absolute Gasteiger partial charge is 0.504 e. The summed E-state index contributed by atoms with van der Waals surface area (Å²) in [5.74, 6) is 0.490. The standard InChI is InChI=1S/C21H29NO4/c1-13-3-6-17(24)19(25)18(13)20-9-10-22(12-15-4-5-15)14(2)21(20,26)8-7-16(23)11-20/h3,6,14-15,24-26H,4-5,7-12H2,1-2H3. The Hall–Kier alpha value is -1.59. The zero-order valence-electron chi connectivity index (χ0n) is 15.7. The lowest BCUT2D eigenvalue weighted by molar-refractivity contribution is -0.165. The Labute approximate surface area is 154 Å². The van der Waals surface area contributed by atoms with Gasteiger partial charge in [0.15, 0.2) is 11.5 Å². The number of aryl methyl sites for hydroxylation is 1. The van der Waals surface area contributed by atoms with E-state index in [1.165, 1.54) is 18.9 Å². The lowest BCUT2D eigenvalue weighted by Crippen LogP contribution is -2.70. The van der Waals surface area contributed by atoms with Crippen LogP contribution < -0.4 is 0 Å². The van der Waals surface area contributed by atoms with Gasteiger partial charge in [-0.15, -0.1) is 0 Å². The summed E-state index contributed by atoms with van der Waals surface area (Å²) < 4.78 is 0. The highest BCUT2D eigenvalue weighted by molar-refractivity contribution is 5.82. The highest BCUT2D eigenvalue weighted by Gasteiger charge is 2.62. The van der Waals surface area contributed by atoms with Gasteiger partial charge >= 0.3 is 0 Å². The number of hydrogen-bond acceptors (Lipinski definition) is 5. The van der Waals surface area contributed by atoms with Crippen LogP contribution in [0.15, 0.2) is 12.1 Å². The second-order valence-corrected chi connectivity index (χ2v) is 8.71. The molecule has 2 aliphatic carbocycles. The number of fused-ring (bicyclic) bond motifs is 1. The molecule has 1 heterocycles. The zero-order chi connectivity index (χ0) is 18.7. The summed E-state index contributed by atoms with van der Waals surface area (Å²) in [5, 5.41) is 32.7. The smallest absolute Gasteiger partial charge is 0.161 e. The molecule has 142 valence electrons. The van der Waals surface area contributed by atoms with Crippen LogP contribution in [0.25, 0.3) is 0 Å². The number of nitrogens with zero attached hydrogens (tertiary/aromatic N) is 1. The van der Waals surface area contributed by atoms with Crippen LogP contribution in [0.4, 0.5) is 0 Å². The summed E-state index contributed by atoms with van der Waals surface area (Å²) in [6, 6.07) is 3.14. The highest BCUT2D eigenvalue weighted by atomic mass is 16.3. The Morgan fingerprint density at radius 1 is 1.23 bits per heavy atom. The van der Waals surface area contributed by atoms with Gasteiger partial charge in [-0.3, -0.25) is 9.69 Å². The van der Waals surface area contributed by atoms with Gasteiger partial charge in [-0.05, 0) is 63.6 Å². The van der Waals surface area contributed by atoms with Crippen LogP contribution in [0.2, 0.25) is 0 Å². The van der Waals surface area contributed by atoms with Crippen molar-refractivity contribution in [1.29, 1.82) is 0 Å². The van der Waals surface area contributed by atoms with Gasteiger partial charge in [0.1, 0.15) is 5.78 Å². The minimum absolute atomic E-state index is 0.0916. The fourth-order valence-corrected chi connectivity index (χ4v) is 5.49. The van der Waals surface area contributed by atoms with Gasteiger partial charge in [-0.25, -0.2) is 0 Å². The first-order valence-corrected chi connectivity index (χ1v) is 9.78. The van der Waals surface area contributed by atoms with Crippen LogP contribution in [0.1, 0.15) is 56.6 Å². The second kappa shape index (κ2) is 5.96. The fourth-order valence-electron chi connectivity index (χ4n) is 5.49. The molecule has 3 aliphatic rings. The number of likely N-dealkylation sites (tertiary alicyclic amines) is 1. The van der Waals surface area contributed by atoms with E-state index in [4.69, 9.17) is 0 Å². The Kier molecular flexibility index (Phi) is 4.08. The van der Waals surface area contributed by atoms with E-state index in [0.29, 0.717) is 24.8 Å². The number of aliphatic hydroxyl groups is 1. The molecule has 4 rings (SSSR count). The molecule has 0 radical (unpaired) electrons. The number of benzene rings is 1. The highest BCUT2D eigenvalue weighted by Crippen LogP contribution is 2.57. The molecule has 1 aromatic rings. The third-order valence-corrected chi connectivity index (χ3v) is 7.21. The Balaban J connectivity index is 1.83. The third-order valence-electron chi connectivity index (χ3n) is 7.21. The van der Waals surface area contributed by atoms with E-state index in [-0.39, 0.29) is 29.7 Å². The molecule has 0 spiro atoms. The minimum Gasteiger partial charge on any atom is -0.504 e. The molecule has 1 aromatic carbocycles. The van der Waals surface area contributed by atoms with Crippen molar-refractivity contribution in [2.45, 2.75) is 69.4 Å². The maximum Gasteiger partial charge on any atom is 0.161 e. The van der Waals surface area contributed by atoms with Gasteiger partial charge in [0.25, 0.3) is 0 Å². The van der Waals surface area contributed by atoms with Gasteiger partial charge < -0.3 is 15.3 Å².